The summed E-state index contributed by atoms with van der Waals surface area (Å²) in [4.78, 5) is 40.1. The predicted molar refractivity (Wildman–Crippen MR) is 118 cm³/mol. The monoisotopic (exact) mass is 444 g/mol. The van der Waals surface area contributed by atoms with Crippen LogP contribution in [0.1, 0.15) is 64.2 Å². The lowest BCUT2D eigenvalue weighted by Gasteiger charge is -2.31. The molecule has 1 heterocycles. The van der Waals surface area contributed by atoms with Crippen molar-refractivity contribution in [3.63, 3.8) is 0 Å². The molecule has 0 aromatic rings. The van der Waals surface area contributed by atoms with Crippen molar-refractivity contribution in [2.45, 2.75) is 70.3 Å². The number of nitrogens with one attached hydrogen (secondary N) is 2. The van der Waals surface area contributed by atoms with E-state index in [1.807, 2.05) is 11.9 Å². The Kier molecular flexibility index (Phi) is 9.75. The van der Waals surface area contributed by atoms with E-state index >= 15 is 0 Å². The van der Waals surface area contributed by atoms with Gasteiger partial charge in [0.2, 0.25) is 11.7 Å². The van der Waals surface area contributed by atoms with E-state index in [1.165, 1.54) is 6.42 Å². The van der Waals surface area contributed by atoms with Crippen LogP contribution in [0.15, 0.2) is 5.10 Å². The first-order valence-electron chi connectivity index (χ1n) is 10.6. The highest BCUT2D eigenvalue weighted by molar-refractivity contribution is 8.14. The summed E-state index contributed by atoms with van der Waals surface area (Å²) < 4.78 is 0. The van der Waals surface area contributed by atoms with Gasteiger partial charge < -0.3 is 10.2 Å². The number of amidine groups is 1. The summed E-state index contributed by atoms with van der Waals surface area (Å²) in [6.07, 6.45) is 10.0. The third-order valence-corrected chi connectivity index (χ3v) is 7.19. The molecule has 2 N–H and O–H groups in total. The molecule has 29 heavy (non-hydrogen) atoms. The third-order valence-electron chi connectivity index (χ3n) is 6.14. The number of amides is 2. The predicted octanol–water partition coefficient (Wildman–Crippen LogP) is 2.69. The van der Waals surface area contributed by atoms with E-state index in [1.54, 1.807) is 11.8 Å². The van der Waals surface area contributed by atoms with E-state index in [2.05, 4.69) is 15.8 Å². The maximum Gasteiger partial charge on any atom is 0.309 e. The van der Waals surface area contributed by atoms with Gasteiger partial charge in [0.15, 0.2) is 5.17 Å². The first-order chi connectivity index (χ1) is 13.6. The zero-order chi connectivity index (χ0) is 19.9. The van der Waals surface area contributed by atoms with Gasteiger partial charge in [-0.15, -0.1) is 17.5 Å². The number of rotatable bonds is 6. The zero-order valence-electron chi connectivity index (χ0n) is 17.2. The highest BCUT2D eigenvalue weighted by Gasteiger charge is 2.36. The number of carbonyl (C=O) groups is 3. The maximum atomic E-state index is 12.9. The van der Waals surface area contributed by atoms with Crippen molar-refractivity contribution in [1.82, 2.24) is 15.6 Å². The Labute approximate surface area is 183 Å². The molecule has 2 aliphatic carbocycles. The molecule has 3 aliphatic rings. The van der Waals surface area contributed by atoms with Gasteiger partial charge in [-0.05, 0) is 31.6 Å². The molecule has 0 unspecified atom stereocenters. The van der Waals surface area contributed by atoms with Crippen LogP contribution >= 0.6 is 24.2 Å². The summed E-state index contributed by atoms with van der Waals surface area (Å²) in [6.45, 7) is 0.870. The molecule has 164 valence electrons. The third kappa shape index (κ3) is 6.60. The molecule has 1 aliphatic heterocycles. The van der Waals surface area contributed by atoms with E-state index in [9.17, 15) is 14.4 Å². The van der Waals surface area contributed by atoms with Crippen molar-refractivity contribution in [3.8, 4) is 0 Å². The fraction of sp³-hybridized carbons (Fsp3) is 0.800. The average molecular weight is 445 g/mol. The molecule has 2 amide bonds. The van der Waals surface area contributed by atoms with Gasteiger partial charge in [0, 0.05) is 25.3 Å². The number of halogens is 1. The lowest BCUT2D eigenvalue weighted by molar-refractivity contribution is -0.141. The minimum Gasteiger partial charge on any atom is -0.352 e. The van der Waals surface area contributed by atoms with Crippen molar-refractivity contribution < 1.29 is 14.4 Å². The normalized spacial score (nSPS) is 23.3. The number of hydrogen-bond acceptors (Lipinski definition) is 5. The van der Waals surface area contributed by atoms with Crippen molar-refractivity contribution in [2.75, 3.05) is 19.3 Å². The van der Waals surface area contributed by atoms with E-state index in [0.717, 1.165) is 70.1 Å². The molecule has 0 spiro atoms. The number of ketones is 1. The molecule has 3 fully saturated rings. The van der Waals surface area contributed by atoms with Crippen LogP contribution in [0.25, 0.3) is 0 Å². The first-order valence-corrected chi connectivity index (χ1v) is 11.6. The molecule has 0 aromatic carbocycles. The van der Waals surface area contributed by atoms with Crippen LogP contribution in [0.4, 0.5) is 0 Å². The smallest absolute Gasteiger partial charge is 0.309 e. The van der Waals surface area contributed by atoms with Crippen molar-refractivity contribution in [3.05, 3.63) is 0 Å². The molecule has 1 atom stereocenters. The number of hydrazone groups is 1. The first kappa shape index (κ1) is 24.0. The van der Waals surface area contributed by atoms with Crippen LogP contribution in [0.5, 0.6) is 0 Å². The van der Waals surface area contributed by atoms with Crippen molar-refractivity contribution >= 4 is 46.9 Å². The van der Waals surface area contributed by atoms with Gasteiger partial charge in [0.05, 0.1) is 0 Å². The van der Waals surface area contributed by atoms with Crippen LogP contribution in [-0.2, 0) is 14.4 Å². The van der Waals surface area contributed by atoms with E-state index in [0.29, 0.717) is 5.17 Å². The Balaban J connectivity index is 0.00000300. The summed E-state index contributed by atoms with van der Waals surface area (Å²) in [5.41, 5.74) is 2.41. The Morgan fingerprint density at radius 2 is 1.66 bits per heavy atom. The summed E-state index contributed by atoms with van der Waals surface area (Å²) in [7, 11) is 1.90. The lowest BCUT2D eigenvalue weighted by atomic mass is 9.81. The highest BCUT2D eigenvalue weighted by atomic mass is 35.5. The van der Waals surface area contributed by atoms with Crippen LogP contribution in [0, 0.1) is 11.8 Å². The molecule has 3 rings (SSSR count). The topological polar surface area (TPSA) is 90.9 Å². The Bertz CT molecular complexity index is 619. The number of Topliss-reactive ketones (excluding diaryl/α,β-unsaturated/α-hetero) is 1. The average Bonchev–Trinajstić information content (AvgIpc) is 3.15. The molecule has 7 nitrogen and oxygen atoms in total. The summed E-state index contributed by atoms with van der Waals surface area (Å²) in [5, 5.41) is 7.76. The van der Waals surface area contributed by atoms with Gasteiger partial charge in [-0.25, -0.2) is 5.43 Å². The SMILES string of the molecule is CN1CCSC1=NNC(=O)C(=O)[C@@H](NC(=O)C1CCCCC1)C1CCCCC1.Cl. The molecule has 9 heteroatoms. The second kappa shape index (κ2) is 11.8. The van der Waals surface area contributed by atoms with Gasteiger partial charge in [-0.2, -0.15) is 0 Å². The standard InChI is InChI=1S/C20H32N4O3S.ClH/c1-24-12-13-28-20(24)23-22-19(27)17(25)16(14-8-4-2-5-9-14)21-18(26)15-10-6-3-7-11-15;/h14-16H,2-13H2,1H3,(H,21,26)(H,22,27);1H/t16-;/m0./s1. The summed E-state index contributed by atoms with van der Waals surface area (Å²) in [5.74, 6) is -0.426. The van der Waals surface area contributed by atoms with Gasteiger partial charge in [-0.3, -0.25) is 14.4 Å². The van der Waals surface area contributed by atoms with Gasteiger partial charge in [0.1, 0.15) is 6.04 Å². The second-order valence-electron chi connectivity index (χ2n) is 8.19. The Morgan fingerprint density at radius 1 is 1.03 bits per heavy atom. The molecule has 0 radical (unpaired) electrons. The fourth-order valence-corrected chi connectivity index (χ4v) is 5.36. The number of hydrogen-bond donors (Lipinski definition) is 2. The largest absolute Gasteiger partial charge is 0.352 e. The Morgan fingerprint density at radius 3 is 2.24 bits per heavy atom. The van der Waals surface area contributed by atoms with Gasteiger partial charge >= 0.3 is 5.91 Å². The molecule has 1 saturated heterocycles. The molecule has 0 aromatic heterocycles. The minimum atomic E-state index is -0.733. The number of thioether (sulfide) groups is 1. The zero-order valence-corrected chi connectivity index (χ0v) is 18.8. The summed E-state index contributed by atoms with van der Waals surface area (Å²) >= 11 is 1.55. The molecular formula is C20H33ClN4O3S. The number of carbonyl (C=O) groups excluding carboxylic acids is 3. The van der Waals surface area contributed by atoms with Crippen molar-refractivity contribution in [2.24, 2.45) is 16.9 Å². The second-order valence-corrected chi connectivity index (χ2v) is 9.25. The van der Waals surface area contributed by atoms with Crippen LogP contribution < -0.4 is 10.7 Å². The molecule has 0 bridgehead atoms. The van der Waals surface area contributed by atoms with E-state index in [4.69, 9.17) is 0 Å². The molecule has 2 saturated carbocycles. The highest BCUT2D eigenvalue weighted by Crippen LogP contribution is 2.29. The van der Waals surface area contributed by atoms with Crippen molar-refractivity contribution in [1.29, 1.82) is 0 Å². The van der Waals surface area contributed by atoms with Crippen LogP contribution in [0.3, 0.4) is 0 Å². The summed E-state index contributed by atoms with van der Waals surface area (Å²) in [6, 6.07) is -0.733. The van der Waals surface area contributed by atoms with Crippen LogP contribution in [0.2, 0.25) is 0 Å². The van der Waals surface area contributed by atoms with E-state index < -0.39 is 17.7 Å². The Hall–Kier alpha value is -1.28. The minimum absolute atomic E-state index is 0. The number of nitrogens with zero attached hydrogens (tertiary/aromatic N) is 2. The van der Waals surface area contributed by atoms with Gasteiger partial charge in [0.25, 0.3) is 0 Å². The van der Waals surface area contributed by atoms with Crippen LogP contribution in [-0.4, -0.2) is 53.1 Å². The maximum absolute atomic E-state index is 12.9. The quantitative estimate of drug-likeness (QED) is 0.485. The lowest BCUT2D eigenvalue weighted by Crippen LogP contribution is -2.52. The fourth-order valence-electron chi connectivity index (χ4n) is 4.39. The van der Waals surface area contributed by atoms with E-state index in [-0.39, 0.29) is 30.2 Å². The van der Waals surface area contributed by atoms with Gasteiger partial charge in [-0.1, -0.05) is 50.3 Å². The molecular weight excluding hydrogens is 412 g/mol.